The summed E-state index contributed by atoms with van der Waals surface area (Å²) in [7, 11) is -3.24. The molecule has 0 aromatic heterocycles. The highest BCUT2D eigenvalue weighted by atomic mass is 32.2. The van der Waals surface area contributed by atoms with Crippen LogP contribution in [0.2, 0.25) is 0 Å². The van der Waals surface area contributed by atoms with E-state index in [-0.39, 0.29) is 18.5 Å². The fourth-order valence-corrected chi connectivity index (χ4v) is 3.54. The second-order valence-corrected chi connectivity index (χ2v) is 7.30. The summed E-state index contributed by atoms with van der Waals surface area (Å²) in [5.74, 6) is -1.80. The van der Waals surface area contributed by atoms with E-state index in [4.69, 9.17) is 0 Å². The fourth-order valence-electron chi connectivity index (χ4n) is 2.69. The lowest BCUT2D eigenvalue weighted by Crippen LogP contribution is -2.64. The molecule has 19 heavy (non-hydrogen) atoms. The van der Waals surface area contributed by atoms with Crippen LogP contribution in [-0.4, -0.2) is 62.1 Å². The van der Waals surface area contributed by atoms with Crippen molar-refractivity contribution in [2.45, 2.75) is 19.0 Å². The monoisotopic (exact) mass is 300 g/mol. The zero-order valence-corrected chi connectivity index (χ0v) is 11.2. The van der Waals surface area contributed by atoms with Crippen molar-refractivity contribution in [1.29, 1.82) is 0 Å². The van der Waals surface area contributed by atoms with Gasteiger partial charge in [0.25, 0.3) is 0 Å². The van der Waals surface area contributed by atoms with Crippen molar-refractivity contribution in [3.8, 4) is 0 Å². The number of piperidine rings is 1. The van der Waals surface area contributed by atoms with Gasteiger partial charge in [-0.25, -0.2) is 12.7 Å². The predicted octanol–water partition coefficient (Wildman–Crippen LogP) is 0.433. The van der Waals surface area contributed by atoms with Gasteiger partial charge in [-0.2, -0.15) is 13.2 Å². The number of hydrogen-bond donors (Lipinski definition) is 0. The van der Waals surface area contributed by atoms with E-state index in [2.05, 4.69) is 0 Å². The topological polar surface area (TPSA) is 57.7 Å². The lowest BCUT2D eigenvalue weighted by Gasteiger charge is -2.53. The number of sulfonamides is 1. The first-order valence-corrected chi connectivity index (χ1v) is 7.70. The first kappa shape index (κ1) is 14.6. The highest BCUT2D eigenvalue weighted by molar-refractivity contribution is 7.88. The van der Waals surface area contributed by atoms with Crippen LogP contribution in [0.5, 0.6) is 0 Å². The largest absolute Gasteiger partial charge is 0.471 e. The van der Waals surface area contributed by atoms with Crippen LogP contribution >= 0.6 is 0 Å². The number of alkyl halides is 3. The summed E-state index contributed by atoms with van der Waals surface area (Å²) < 4.78 is 60.6. The molecule has 2 saturated heterocycles. The van der Waals surface area contributed by atoms with Crippen LogP contribution in [0.15, 0.2) is 0 Å². The van der Waals surface area contributed by atoms with E-state index in [1.165, 1.54) is 4.31 Å². The van der Waals surface area contributed by atoms with Crippen molar-refractivity contribution < 1.29 is 26.4 Å². The van der Waals surface area contributed by atoms with Crippen LogP contribution in [0, 0.1) is 5.41 Å². The summed E-state index contributed by atoms with van der Waals surface area (Å²) in [5.41, 5.74) is -0.331. The summed E-state index contributed by atoms with van der Waals surface area (Å²) in [6.07, 6.45) is -2.70. The molecular weight excluding hydrogens is 285 g/mol. The predicted molar refractivity (Wildman–Crippen MR) is 60.7 cm³/mol. The van der Waals surface area contributed by atoms with Gasteiger partial charge in [-0.3, -0.25) is 4.79 Å². The van der Waals surface area contributed by atoms with Gasteiger partial charge < -0.3 is 4.90 Å². The third-order valence-corrected chi connectivity index (χ3v) is 5.14. The molecule has 2 aliphatic rings. The molecule has 0 aromatic carbocycles. The molecule has 0 radical (unpaired) electrons. The summed E-state index contributed by atoms with van der Waals surface area (Å²) in [6.45, 7) is 0.769. The molecule has 0 unspecified atom stereocenters. The Labute approximate surface area is 109 Å². The quantitative estimate of drug-likeness (QED) is 0.706. The normalized spacial score (nSPS) is 24.3. The minimum absolute atomic E-state index is 0.0724. The molecule has 0 saturated carbocycles. The third kappa shape index (κ3) is 2.86. The van der Waals surface area contributed by atoms with Crippen LogP contribution in [0.3, 0.4) is 0 Å². The number of carbonyl (C=O) groups excluding carboxylic acids is 1. The van der Waals surface area contributed by atoms with Crippen LogP contribution in [0.25, 0.3) is 0 Å². The molecule has 2 fully saturated rings. The Kier molecular flexibility index (Phi) is 3.33. The molecule has 2 rings (SSSR count). The first-order chi connectivity index (χ1) is 8.54. The van der Waals surface area contributed by atoms with E-state index >= 15 is 0 Å². The van der Waals surface area contributed by atoms with Gasteiger partial charge in [-0.1, -0.05) is 0 Å². The Morgan fingerprint density at radius 3 is 2.00 bits per heavy atom. The number of rotatable bonds is 1. The highest BCUT2D eigenvalue weighted by Crippen LogP contribution is 2.42. The SMILES string of the molecule is CS(=O)(=O)N1CCC2(CC1)CN(C(=O)C(F)(F)F)C2. The van der Waals surface area contributed by atoms with Crippen molar-refractivity contribution >= 4 is 15.9 Å². The Morgan fingerprint density at radius 1 is 1.16 bits per heavy atom. The van der Waals surface area contributed by atoms with Crippen LogP contribution in [0.4, 0.5) is 13.2 Å². The fraction of sp³-hybridized carbons (Fsp3) is 0.900. The van der Waals surface area contributed by atoms with E-state index in [0.717, 1.165) is 11.2 Å². The number of carbonyl (C=O) groups is 1. The van der Waals surface area contributed by atoms with Crippen molar-refractivity contribution in [3.05, 3.63) is 0 Å². The summed E-state index contributed by atoms with van der Waals surface area (Å²) in [6, 6.07) is 0. The number of hydrogen-bond acceptors (Lipinski definition) is 3. The molecule has 0 aromatic rings. The van der Waals surface area contributed by atoms with Gasteiger partial charge in [0, 0.05) is 31.6 Å². The van der Waals surface area contributed by atoms with E-state index in [0.29, 0.717) is 25.9 Å². The standard InChI is InChI=1S/C10H15F3N2O3S/c1-19(17,18)15-4-2-9(3-5-15)6-14(7-9)8(16)10(11,12)13/h2-7H2,1H3. The second kappa shape index (κ2) is 4.34. The van der Waals surface area contributed by atoms with E-state index in [9.17, 15) is 26.4 Å². The Bertz CT molecular complexity index is 473. The minimum Gasteiger partial charge on any atom is -0.334 e. The number of amides is 1. The van der Waals surface area contributed by atoms with Crippen molar-refractivity contribution in [3.63, 3.8) is 0 Å². The van der Waals surface area contributed by atoms with Crippen molar-refractivity contribution in [2.24, 2.45) is 5.41 Å². The maximum Gasteiger partial charge on any atom is 0.471 e. The van der Waals surface area contributed by atoms with E-state index in [1.807, 2.05) is 0 Å². The Morgan fingerprint density at radius 2 is 1.63 bits per heavy atom. The molecule has 0 aliphatic carbocycles. The molecule has 2 aliphatic heterocycles. The third-order valence-electron chi connectivity index (χ3n) is 3.83. The lowest BCUT2D eigenvalue weighted by atomic mass is 9.72. The zero-order valence-electron chi connectivity index (χ0n) is 10.4. The summed E-state index contributed by atoms with van der Waals surface area (Å²) in [4.78, 5) is 11.8. The zero-order chi connectivity index (χ0) is 14.5. The van der Waals surface area contributed by atoms with Crippen molar-refractivity contribution in [2.75, 3.05) is 32.4 Å². The maximum atomic E-state index is 12.2. The molecule has 9 heteroatoms. The average Bonchev–Trinajstić information content (AvgIpc) is 2.22. The molecule has 5 nitrogen and oxygen atoms in total. The average molecular weight is 300 g/mol. The maximum absolute atomic E-state index is 12.2. The first-order valence-electron chi connectivity index (χ1n) is 5.85. The molecule has 1 spiro atoms. The second-order valence-electron chi connectivity index (χ2n) is 5.32. The van der Waals surface area contributed by atoms with E-state index in [1.54, 1.807) is 0 Å². The van der Waals surface area contributed by atoms with Gasteiger partial charge in [0.1, 0.15) is 0 Å². The lowest BCUT2D eigenvalue weighted by molar-refractivity contribution is -0.198. The molecule has 2 heterocycles. The van der Waals surface area contributed by atoms with Gasteiger partial charge in [0.2, 0.25) is 10.0 Å². The molecule has 0 atom stereocenters. The minimum atomic E-state index is -4.82. The van der Waals surface area contributed by atoms with Gasteiger partial charge >= 0.3 is 12.1 Å². The van der Waals surface area contributed by atoms with Gasteiger partial charge in [0.05, 0.1) is 6.26 Å². The van der Waals surface area contributed by atoms with E-state index < -0.39 is 22.1 Å². The molecule has 1 amide bonds. The van der Waals surface area contributed by atoms with Crippen LogP contribution < -0.4 is 0 Å². The molecule has 110 valence electrons. The summed E-state index contributed by atoms with van der Waals surface area (Å²) >= 11 is 0. The van der Waals surface area contributed by atoms with Crippen molar-refractivity contribution in [1.82, 2.24) is 9.21 Å². The molecule has 0 bridgehead atoms. The smallest absolute Gasteiger partial charge is 0.334 e. The molecule has 0 N–H and O–H groups in total. The van der Waals surface area contributed by atoms with Gasteiger partial charge in [-0.15, -0.1) is 0 Å². The number of likely N-dealkylation sites (tertiary alicyclic amines) is 1. The van der Waals surface area contributed by atoms with Crippen LogP contribution in [-0.2, 0) is 14.8 Å². The van der Waals surface area contributed by atoms with Crippen LogP contribution in [0.1, 0.15) is 12.8 Å². The number of halogens is 3. The highest BCUT2D eigenvalue weighted by Gasteiger charge is 2.53. The Balaban J connectivity index is 1.90. The van der Waals surface area contributed by atoms with Gasteiger partial charge in [-0.05, 0) is 12.8 Å². The van der Waals surface area contributed by atoms with Gasteiger partial charge in [0.15, 0.2) is 0 Å². The number of nitrogens with zero attached hydrogens (tertiary/aromatic N) is 2. The molecular formula is C10H15F3N2O3S. The summed E-state index contributed by atoms with van der Waals surface area (Å²) in [5, 5.41) is 0. The Hall–Kier alpha value is -0.830.